The first-order valence-corrected chi connectivity index (χ1v) is 9.38. The summed E-state index contributed by atoms with van der Waals surface area (Å²) in [7, 11) is -1.89. The van der Waals surface area contributed by atoms with Gasteiger partial charge in [0.1, 0.15) is 0 Å². The quantitative estimate of drug-likeness (QED) is 0.774. The van der Waals surface area contributed by atoms with Crippen molar-refractivity contribution < 1.29 is 18.3 Å². The van der Waals surface area contributed by atoms with Crippen molar-refractivity contribution in [1.82, 2.24) is 14.3 Å². The molecule has 0 aliphatic carbocycles. The van der Waals surface area contributed by atoms with Crippen molar-refractivity contribution in [1.29, 1.82) is 0 Å². The number of aliphatic carboxylic acids is 1. The van der Waals surface area contributed by atoms with E-state index >= 15 is 0 Å². The number of rotatable bonds is 7. The van der Waals surface area contributed by atoms with Gasteiger partial charge in [-0.15, -0.1) is 0 Å². The highest BCUT2D eigenvalue weighted by molar-refractivity contribution is 7.89. The van der Waals surface area contributed by atoms with Crippen LogP contribution in [0.3, 0.4) is 0 Å². The Morgan fingerprint density at radius 1 is 1.28 bits per heavy atom. The average molecular weight is 365 g/mol. The van der Waals surface area contributed by atoms with Crippen molar-refractivity contribution in [3.05, 3.63) is 46.5 Å². The SMILES string of the molecule is Cc1cc(C)c(S(=O)(=O)NCCc2cn(C)cn2)c(C)c1CC(=O)O. The predicted octanol–water partition coefficient (Wildman–Crippen LogP) is 1.49. The molecule has 1 aromatic carbocycles. The van der Waals surface area contributed by atoms with Crippen molar-refractivity contribution >= 4 is 16.0 Å². The lowest BCUT2D eigenvalue weighted by molar-refractivity contribution is -0.136. The van der Waals surface area contributed by atoms with Gasteiger partial charge in [-0.2, -0.15) is 0 Å². The number of aromatic nitrogens is 2. The van der Waals surface area contributed by atoms with Gasteiger partial charge < -0.3 is 9.67 Å². The molecule has 2 rings (SSSR count). The van der Waals surface area contributed by atoms with Crippen molar-refractivity contribution in [2.45, 2.75) is 38.5 Å². The number of nitrogens with one attached hydrogen (secondary N) is 1. The standard InChI is InChI=1S/C17H23N3O4S/c1-11-7-12(2)17(13(3)15(11)8-16(21)22)25(23,24)19-6-5-14-9-20(4)10-18-14/h7,9-10,19H,5-6,8H2,1-4H3,(H,21,22). The summed E-state index contributed by atoms with van der Waals surface area (Å²) in [6.45, 7) is 5.40. The van der Waals surface area contributed by atoms with E-state index < -0.39 is 16.0 Å². The van der Waals surface area contributed by atoms with E-state index in [-0.39, 0.29) is 17.9 Å². The molecule has 0 aliphatic rings. The Bertz CT molecular complexity index is 901. The zero-order chi connectivity index (χ0) is 18.8. The minimum Gasteiger partial charge on any atom is -0.481 e. The van der Waals surface area contributed by atoms with Crippen LogP contribution < -0.4 is 4.72 Å². The lowest BCUT2D eigenvalue weighted by atomic mass is 9.97. The second-order valence-corrected chi connectivity index (χ2v) is 7.90. The summed E-state index contributed by atoms with van der Waals surface area (Å²) in [5.41, 5.74) is 3.22. The van der Waals surface area contributed by atoms with E-state index in [4.69, 9.17) is 5.11 Å². The van der Waals surface area contributed by atoms with Crippen molar-refractivity contribution in [2.75, 3.05) is 6.54 Å². The molecular weight excluding hydrogens is 342 g/mol. The predicted molar refractivity (Wildman–Crippen MR) is 94.1 cm³/mol. The molecule has 0 bridgehead atoms. The van der Waals surface area contributed by atoms with Crippen molar-refractivity contribution in [2.24, 2.45) is 7.05 Å². The maximum absolute atomic E-state index is 12.7. The summed E-state index contributed by atoms with van der Waals surface area (Å²) in [5, 5.41) is 9.07. The van der Waals surface area contributed by atoms with E-state index in [1.165, 1.54) is 0 Å². The lowest BCUT2D eigenvalue weighted by Gasteiger charge is -2.17. The molecule has 8 heteroatoms. The van der Waals surface area contributed by atoms with Crippen LogP contribution in [0.5, 0.6) is 0 Å². The van der Waals surface area contributed by atoms with E-state index in [0.29, 0.717) is 23.1 Å². The molecule has 0 unspecified atom stereocenters. The molecule has 2 aromatic rings. The number of sulfonamides is 1. The van der Waals surface area contributed by atoms with Crippen LogP contribution in [0.15, 0.2) is 23.5 Å². The van der Waals surface area contributed by atoms with E-state index in [1.54, 1.807) is 37.7 Å². The van der Waals surface area contributed by atoms with Crippen LogP contribution in [0.25, 0.3) is 0 Å². The molecule has 1 heterocycles. The molecule has 0 amide bonds. The van der Waals surface area contributed by atoms with Crippen LogP contribution >= 0.6 is 0 Å². The molecule has 0 atom stereocenters. The lowest BCUT2D eigenvalue weighted by Crippen LogP contribution is -2.28. The fourth-order valence-corrected chi connectivity index (χ4v) is 4.55. The molecule has 0 fully saturated rings. The smallest absolute Gasteiger partial charge is 0.307 e. The third-order valence-electron chi connectivity index (χ3n) is 4.09. The van der Waals surface area contributed by atoms with Crippen LogP contribution in [0.1, 0.15) is 27.9 Å². The van der Waals surface area contributed by atoms with E-state index in [2.05, 4.69) is 9.71 Å². The van der Waals surface area contributed by atoms with Gasteiger partial charge in [-0.1, -0.05) is 6.07 Å². The molecule has 0 saturated heterocycles. The van der Waals surface area contributed by atoms with Gasteiger partial charge in [0, 0.05) is 26.2 Å². The topological polar surface area (TPSA) is 101 Å². The highest BCUT2D eigenvalue weighted by Gasteiger charge is 2.23. The minimum absolute atomic E-state index is 0.162. The van der Waals surface area contributed by atoms with Crippen LogP contribution in [0.2, 0.25) is 0 Å². The summed E-state index contributed by atoms with van der Waals surface area (Å²) in [6.07, 6.45) is 3.78. The molecule has 0 aliphatic heterocycles. The molecule has 25 heavy (non-hydrogen) atoms. The molecule has 2 N–H and O–H groups in total. The van der Waals surface area contributed by atoms with Gasteiger partial charge in [0.2, 0.25) is 10.0 Å². The zero-order valence-electron chi connectivity index (χ0n) is 14.8. The van der Waals surface area contributed by atoms with E-state index in [1.807, 2.05) is 13.2 Å². The van der Waals surface area contributed by atoms with Gasteiger partial charge in [0.15, 0.2) is 0 Å². The summed E-state index contributed by atoms with van der Waals surface area (Å²) >= 11 is 0. The summed E-state index contributed by atoms with van der Waals surface area (Å²) < 4.78 is 29.9. The third-order valence-corrected chi connectivity index (χ3v) is 5.84. The number of imidazole rings is 1. The van der Waals surface area contributed by atoms with Crippen LogP contribution in [-0.2, 0) is 34.7 Å². The van der Waals surface area contributed by atoms with Gasteiger partial charge in [0.25, 0.3) is 0 Å². The minimum atomic E-state index is -3.74. The number of nitrogens with zero attached hydrogens (tertiary/aromatic N) is 2. The van der Waals surface area contributed by atoms with Gasteiger partial charge >= 0.3 is 5.97 Å². The maximum Gasteiger partial charge on any atom is 0.307 e. The van der Waals surface area contributed by atoms with Gasteiger partial charge in [-0.3, -0.25) is 4.79 Å². The van der Waals surface area contributed by atoms with Crippen molar-refractivity contribution in [3.8, 4) is 0 Å². The molecular formula is C17H23N3O4S. The van der Waals surface area contributed by atoms with E-state index in [0.717, 1.165) is 11.3 Å². The summed E-state index contributed by atoms with van der Waals surface area (Å²) in [6, 6.07) is 1.72. The normalized spacial score (nSPS) is 11.7. The van der Waals surface area contributed by atoms with Crippen LogP contribution in [-0.4, -0.2) is 35.6 Å². The number of benzene rings is 1. The first kappa shape index (κ1) is 19.1. The number of carboxylic acids is 1. The Hall–Kier alpha value is -2.19. The second-order valence-electron chi connectivity index (χ2n) is 6.19. The molecule has 7 nitrogen and oxygen atoms in total. The van der Waals surface area contributed by atoms with Crippen LogP contribution in [0, 0.1) is 20.8 Å². The first-order valence-electron chi connectivity index (χ1n) is 7.89. The maximum atomic E-state index is 12.7. The Morgan fingerprint density at radius 3 is 2.52 bits per heavy atom. The average Bonchev–Trinajstić information content (AvgIpc) is 2.88. The Morgan fingerprint density at radius 2 is 1.96 bits per heavy atom. The third kappa shape index (κ3) is 4.46. The number of hydrogen-bond acceptors (Lipinski definition) is 4. The van der Waals surface area contributed by atoms with Gasteiger partial charge in [-0.05, 0) is 43.0 Å². The summed E-state index contributed by atoms with van der Waals surface area (Å²) in [5.74, 6) is -0.985. The summed E-state index contributed by atoms with van der Waals surface area (Å²) in [4.78, 5) is 15.4. The number of carbonyl (C=O) groups is 1. The van der Waals surface area contributed by atoms with Gasteiger partial charge in [-0.25, -0.2) is 18.1 Å². The fraction of sp³-hybridized carbons (Fsp3) is 0.412. The Balaban J connectivity index is 2.27. The molecule has 0 spiro atoms. The number of aryl methyl sites for hydroxylation is 3. The molecule has 0 saturated carbocycles. The first-order chi connectivity index (χ1) is 11.6. The number of carboxylic acid groups (broad SMARTS) is 1. The highest BCUT2D eigenvalue weighted by Crippen LogP contribution is 2.26. The number of hydrogen-bond donors (Lipinski definition) is 2. The fourth-order valence-electron chi connectivity index (χ4n) is 3.02. The van der Waals surface area contributed by atoms with E-state index in [9.17, 15) is 13.2 Å². The highest BCUT2D eigenvalue weighted by atomic mass is 32.2. The monoisotopic (exact) mass is 365 g/mol. The largest absolute Gasteiger partial charge is 0.481 e. The van der Waals surface area contributed by atoms with Crippen LogP contribution in [0.4, 0.5) is 0 Å². The second kappa shape index (κ2) is 7.37. The van der Waals surface area contributed by atoms with Gasteiger partial charge in [0.05, 0.1) is 23.3 Å². The molecule has 136 valence electrons. The Labute approximate surface area is 147 Å². The molecule has 1 aromatic heterocycles. The van der Waals surface area contributed by atoms with Crippen molar-refractivity contribution in [3.63, 3.8) is 0 Å². The Kier molecular flexibility index (Phi) is 5.64. The zero-order valence-corrected chi connectivity index (χ0v) is 15.6. The molecule has 0 radical (unpaired) electrons.